The minimum absolute atomic E-state index is 0.0191. The van der Waals surface area contributed by atoms with Crippen LogP contribution in [-0.4, -0.2) is 57.1 Å². The molecule has 3 N–H and O–H groups in total. The number of carbonyl (C=O) groups excluding carboxylic acids is 3. The van der Waals surface area contributed by atoms with Crippen molar-refractivity contribution in [1.82, 2.24) is 25.5 Å². The second-order valence-corrected chi connectivity index (χ2v) is 10.3. The molecule has 1 aliphatic heterocycles. The second-order valence-electron chi connectivity index (χ2n) is 10.3. The number of aromatic amines is 1. The number of para-hydroxylation sites is 1. The molecule has 0 spiro atoms. The molecular formula is C26H34F3N5O3. The third-order valence-electron chi connectivity index (χ3n) is 7.48. The quantitative estimate of drug-likeness (QED) is 0.512. The van der Waals surface area contributed by atoms with Gasteiger partial charge in [-0.15, -0.1) is 0 Å². The monoisotopic (exact) mass is 521 g/mol. The maximum Gasteiger partial charge on any atom is 0.248 e. The Hall–Kier alpha value is -3.11. The van der Waals surface area contributed by atoms with Gasteiger partial charge in [0.2, 0.25) is 23.6 Å². The average molecular weight is 522 g/mol. The first-order chi connectivity index (χ1) is 17.5. The summed E-state index contributed by atoms with van der Waals surface area (Å²) in [6.45, 7) is 4.20. The number of hydrogen-bond donors (Lipinski definition) is 3. The number of imidazole rings is 1. The number of halogens is 3. The van der Waals surface area contributed by atoms with Gasteiger partial charge in [0, 0.05) is 31.3 Å². The highest BCUT2D eigenvalue weighted by Gasteiger charge is 2.39. The van der Waals surface area contributed by atoms with Crippen LogP contribution in [0.4, 0.5) is 13.2 Å². The average Bonchev–Trinajstić information content (AvgIpc) is 3.30. The summed E-state index contributed by atoms with van der Waals surface area (Å²) >= 11 is 0. The van der Waals surface area contributed by atoms with E-state index in [0.29, 0.717) is 17.9 Å². The van der Waals surface area contributed by atoms with Gasteiger partial charge in [-0.3, -0.25) is 14.4 Å². The summed E-state index contributed by atoms with van der Waals surface area (Å²) in [4.78, 5) is 48.3. The predicted molar refractivity (Wildman–Crippen MR) is 131 cm³/mol. The van der Waals surface area contributed by atoms with Gasteiger partial charge in [0.1, 0.15) is 23.2 Å². The number of carbonyl (C=O) groups is 3. The molecule has 11 heteroatoms. The number of H-pyrrole nitrogens is 1. The molecule has 2 fully saturated rings. The summed E-state index contributed by atoms with van der Waals surface area (Å²) in [6.07, 6.45) is 1.79. The van der Waals surface area contributed by atoms with Crippen molar-refractivity contribution in [1.29, 1.82) is 0 Å². The van der Waals surface area contributed by atoms with E-state index in [-0.39, 0.29) is 49.6 Å². The lowest BCUT2D eigenvalue weighted by Gasteiger charge is -2.35. The lowest BCUT2D eigenvalue weighted by Crippen LogP contribution is -2.53. The number of nitrogens with zero attached hydrogens (tertiary/aromatic N) is 2. The molecule has 1 aliphatic carbocycles. The number of hydrogen-bond acceptors (Lipinski definition) is 4. The normalized spacial score (nSPS) is 21.9. The summed E-state index contributed by atoms with van der Waals surface area (Å²) in [5, 5.41) is 5.41. The Morgan fingerprint density at radius 1 is 1.16 bits per heavy atom. The molecule has 2 aliphatic rings. The Morgan fingerprint density at radius 2 is 1.89 bits per heavy atom. The molecule has 37 heavy (non-hydrogen) atoms. The van der Waals surface area contributed by atoms with Crippen molar-refractivity contribution in [2.24, 2.45) is 5.92 Å². The van der Waals surface area contributed by atoms with E-state index in [1.807, 2.05) is 6.92 Å². The molecule has 1 saturated heterocycles. The highest BCUT2D eigenvalue weighted by atomic mass is 19.3. The number of benzene rings is 1. The highest BCUT2D eigenvalue weighted by molar-refractivity contribution is 5.93. The standard InChI is InChI=1S/C26H34F3N5O3/c1-15-6-3-4-13-34(15)21(35)14-20(32-24(36)17-9-11-26(28,29)12-10-17)25(37)30-16(2)23-31-19-8-5-7-18(27)22(19)33-23/h5,7-8,15-17,20H,3-4,6,9-14H2,1-2H3,(H,30,37)(H,31,33)(H,32,36)/t15-,16-,20-/m0/s1. The van der Waals surface area contributed by atoms with Crippen LogP contribution in [0.3, 0.4) is 0 Å². The number of nitrogens with one attached hydrogen (secondary N) is 3. The van der Waals surface area contributed by atoms with Crippen molar-refractivity contribution in [3.8, 4) is 0 Å². The molecule has 8 nitrogen and oxygen atoms in total. The molecule has 202 valence electrons. The van der Waals surface area contributed by atoms with Crippen LogP contribution < -0.4 is 10.6 Å². The van der Waals surface area contributed by atoms with Gasteiger partial charge >= 0.3 is 0 Å². The molecule has 4 rings (SSSR count). The van der Waals surface area contributed by atoms with Crippen molar-refractivity contribution in [2.45, 2.75) is 89.3 Å². The zero-order valence-corrected chi connectivity index (χ0v) is 21.2. The Balaban J connectivity index is 1.47. The number of likely N-dealkylation sites (tertiary alicyclic amines) is 1. The van der Waals surface area contributed by atoms with Crippen molar-refractivity contribution < 1.29 is 27.6 Å². The maximum atomic E-state index is 14.1. The molecule has 3 amide bonds. The second kappa shape index (κ2) is 11.1. The molecule has 0 bridgehead atoms. The van der Waals surface area contributed by atoms with Gasteiger partial charge in [0.25, 0.3) is 0 Å². The van der Waals surface area contributed by atoms with Gasteiger partial charge in [0.05, 0.1) is 18.0 Å². The van der Waals surface area contributed by atoms with Crippen LogP contribution in [0, 0.1) is 11.7 Å². The Kier molecular flexibility index (Phi) is 8.08. The Morgan fingerprint density at radius 3 is 2.57 bits per heavy atom. The van der Waals surface area contributed by atoms with E-state index in [4.69, 9.17) is 0 Å². The van der Waals surface area contributed by atoms with Gasteiger partial charge in [-0.25, -0.2) is 18.2 Å². The van der Waals surface area contributed by atoms with Gasteiger partial charge in [-0.1, -0.05) is 6.07 Å². The molecule has 1 aromatic carbocycles. The first kappa shape index (κ1) is 26.9. The molecule has 0 radical (unpaired) electrons. The molecule has 1 saturated carbocycles. The predicted octanol–water partition coefficient (Wildman–Crippen LogP) is 3.98. The minimum atomic E-state index is -2.78. The van der Waals surface area contributed by atoms with Crippen molar-refractivity contribution in [3.63, 3.8) is 0 Å². The molecule has 2 heterocycles. The number of rotatable bonds is 7. The minimum Gasteiger partial charge on any atom is -0.345 e. The molecule has 3 atom stereocenters. The topological polar surface area (TPSA) is 107 Å². The van der Waals surface area contributed by atoms with E-state index in [1.165, 1.54) is 12.1 Å². The van der Waals surface area contributed by atoms with Crippen molar-refractivity contribution >= 4 is 28.8 Å². The lowest BCUT2D eigenvalue weighted by molar-refractivity contribution is -0.139. The van der Waals surface area contributed by atoms with E-state index in [1.54, 1.807) is 17.9 Å². The molecule has 1 aromatic heterocycles. The summed E-state index contributed by atoms with van der Waals surface area (Å²) < 4.78 is 41.2. The third kappa shape index (κ3) is 6.42. The summed E-state index contributed by atoms with van der Waals surface area (Å²) in [7, 11) is 0. The van der Waals surface area contributed by atoms with E-state index in [2.05, 4.69) is 20.6 Å². The van der Waals surface area contributed by atoms with Gasteiger partial charge < -0.3 is 20.5 Å². The fourth-order valence-electron chi connectivity index (χ4n) is 5.16. The number of fused-ring (bicyclic) bond motifs is 1. The summed E-state index contributed by atoms with van der Waals surface area (Å²) in [5.74, 6) is -4.93. The maximum absolute atomic E-state index is 14.1. The highest BCUT2D eigenvalue weighted by Crippen LogP contribution is 2.36. The van der Waals surface area contributed by atoms with Crippen LogP contribution in [0.2, 0.25) is 0 Å². The van der Waals surface area contributed by atoms with Crippen LogP contribution in [0.1, 0.15) is 77.1 Å². The first-order valence-corrected chi connectivity index (χ1v) is 13.0. The number of alkyl halides is 2. The van der Waals surface area contributed by atoms with Crippen molar-refractivity contribution in [2.75, 3.05) is 6.54 Å². The van der Waals surface area contributed by atoms with Crippen LogP contribution >= 0.6 is 0 Å². The number of piperidine rings is 1. The van der Waals surface area contributed by atoms with Crippen LogP contribution in [-0.2, 0) is 14.4 Å². The fourth-order valence-corrected chi connectivity index (χ4v) is 5.16. The smallest absolute Gasteiger partial charge is 0.248 e. The molecule has 0 unspecified atom stereocenters. The Bertz CT molecular complexity index is 1140. The van der Waals surface area contributed by atoms with E-state index < -0.39 is 41.6 Å². The Labute approximate surface area is 213 Å². The largest absolute Gasteiger partial charge is 0.345 e. The fraction of sp³-hybridized carbons (Fsp3) is 0.615. The van der Waals surface area contributed by atoms with Gasteiger partial charge in [-0.2, -0.15) is 0 Å². The number of amides is 3. The van der Waals surface area contributed by atoms with Gasteiger partial charge in [0.15, 0.2) is 0 Å². The van der Waals surface area contributed by atoms with E-state index in [9.17, 15) is 27.6 Å². The van der Waals surface area contributed by atoms with E-state index >= 15 is 0 Å². The first-order valence-electron chi connectivity index (χ1n) is 13.0. The van der Waals surface area contributed by atoms with Gasteiger partial charge in [-0.05, 0) is 58.1 Å². The SMILES string of the molecule is C[C@H](NC(=O)[C@H](CC(=O)N1CCCC[C@@H]1C)NC(=O)C1CCC(F)(F)CC1)c1nc2cccc(F)c2[nH]1. The zero-order chi connectivity index (χ0) is 26.7. The third-order valence-corrected chi connectivity index (χ3v) is 7.48. The summed E-state index contributed by atoms with van der Waals surface area (Å²) in [5.41, 5.74) is 0.621. The zero-order valence-electron chi connectivity index (χ0n) is 21.2. The van der Waals surface area contributed by atoms with Crippen LogP contribution in [0.5, 0.6) is 0 Å². The lowest BCUT2D eigenvalue weighted by atomic mass is 9.86. The van der Waals surface area contributed by atoms with Crippen molar-refractivity contribution in [3.05, 3.63) is 29.8 Å². The van der Waals surface area contributed by atoms with E-state index in [0.717, 1.165) is 19.3 Å². The van der Waals surface area contributed by atoms with Crippen LogP contribution in [0.25, 0.3) is 11.0 Å². The summed E-state index contributed by atoms with van der Waals surface area (Å²) in [6, 6.07) is 2.66. The molecule has 2 aromatic rings. The number of aromatic nitrogens is 2. The molecular weight excluding hydrogens is 487 g/mol. The van der Waals surface area contributed by atoms with Crippen LogP contribution in [0.15, 0.2) is 18.2 Å².